The number of amides is 1. The number of hydrogen-bond acceptors (Lipinski definition) is 10. The Kier molecular flexibility index (Phi) is 5.70. The van der Waals surface area contributed by atoms with Gasteiger partial charge in [0.2, 0.25) is 27.8 Å². The number of hydrogen-bond donors (Lipinski definition) is 5. The van der Waals surface area contributed by atoms with Gasteiger partial charge >= 0.3 is 12.0 Å². The number of carbonyl (C=O) groups is 2. The second-order valence-electron chi connectivity index (χ2n) is 6.75. The summed E-state index contributed by atoms with van der Waals surface area (Å²) in [5, 5.41) is 23.4. The number of carbonyl (C=O) groups excluding carboxylic acids is 1. The second kappa shape index (κ2) is 8.64. The van der Waals surface area contributed by atoms with E-state index in [-0.39, 0.29) is 28.4 Å². The van der Waals surface area contributed by atoms with E-state index >= 15 is 0 Å². The molecule has 0 fully saturated rings. The van der Waals surface area contributed by atoms with Crippen molar-refractivity contribution in [1.82, 2.24) is 19.7 Å². The van der Waals surface area contributed by atoms with Crippen molar-refractivity contribution in [3.8, 4) is 11.5 Å². The average Bonchev–Trinajstić information content (AvgIpc) is 3.41. The molecule has 2 heterocycles. The number of rotatable bonds is 6. The van der Waals surface area contributed by atoms with Crippen LogP contribution in [0.5, 0.6) is 0 Å². The third-order valence-corrected chi connectivity index (χ3v) is 5.30. The highest BCUT2D eigenvalue weighted by molar-refractivity contribution is 7.89. The van der Waals surface area contributed by atoms with Gasteiger partial charge in [0.1, 0.15) is 6.26 Å². The number of nitrogen functional groups attached to an aromatic ring is 1. The number of carboxylic acid groups (broad SMARTS) is 1. The van der Waals surface area contributed by atoms with Crippen LogP contribution in [0.3, 0.4) is 0 Å². The number of benzene rings is 2. The highest BCUT2D eigenvalue weighted by Gasteiger charge is 2.16. The Bertz CT molecular complexity index is 1480. The van der Waals surface area contributed by atoms with Crippen molar-refractivity contribution >= 4 is 45.3 Å². The number of nitrogens with one attached hydrogen (secondary N) is 2. The molecular weight excluding hydrogens is 468 g/mol. The van der Waals surface area contributed by atoms with Gasteiger partial charge in [0.15, 0.2) is 5.69 Å². The number of nitrogens with two attached hydrogens (primary N) is 2. The van der Waals surface area contributed by atoms with Crippen molar-refractivity contribution in [1.29, 1.82) is 0 Å². The van der Waals surface area contributed by atoms with Crippen LogP contribution in [-0.4, -0.2) is 45.3 Å². The Morgan fingerprint density at radius 1 is 1.00 bits per heavy atom. The lowest BCUT2D eigenvalue weighted by molar-refractivity contribution is 0.0690. The molecule has 2 aromatic heterocycles. The zero-order valence-corrected chi connectivity index (χ0v) is 17.9. The van der Waals surface area contributed by atoms with E-state index < -0.39 is 22.0 Å². The zero-order valence-electron chi connectivity index (χ0n) is 17.0. The van der Waals surface area contributed by atoms with Crippen LogP contribution in [0.4, 0.5) is 28.1 Å². The molecule has 0 aliphatic carbocycles. The van der Waals surface area contributed by atoms with Gasteiger partial charge < -0.3 is 25.9 Å². The van der Waals surface area contributed by atoms with E-state index in [0.717, 1.165) is 10.9 Å². The normalized spacial score (nSPS) is 11.2. The molecule has 0 saturated heterocycles. The summed E-state index contributed by atoms with van der Waals surface area (Å²) in [6.07, 6.45) is 1.03. The first-order valence-corrected chi connectivity index (χ1v) is 10.9. The summed E-state index contributed by atoms with van der Waals surface area (Å²) in [7, 11) is -3.83. The number of oxazole rings is 1. The van der Waals surface area contributed by atoms with Gasteiger partial charge in [0, 0.05) is 16.9 Å². The van der Waals surface area contributed by atoms with Gasteiger partial charge in [-0.05, 0) is 48.5 Å². The van der Waals surface area contributed by atoms with Gasteiger partial charge in [-0.25, -0.2) is 28.1 Å². The van der Waals surface area contributed by atoms with E-state index in [1.165, 1.54) is 24.3 Å². The van der Waals surface area contributed by atoms with Gasteiger partial charge in [0.05, 0.1) is 4.90 Å². The summed E-state index contributed by atoms with van der Waals surface area (Å²) >= 11 is 0. The van der Waals surface area contributed by atoms with E-state index in [0.29, 0.717) is 16.9 Å². The minimum atomic E-state index is -3.83. The van der Waals surface area contributed by atoms with E-state index in [9.17, 15) is 18.0 Å². The first-order chi connectivity index (χ1) is 16.1. The molecule has 7 N–H and O–H groups in total. The van der Waals surface area contributed by atoms with Crippen molar-refractivity contribution in [2.24, 2.45) is 5.14 Å². The number of aromatic carboxylic acids is 1. The monoisotopic (exact) mass is 484 g/mol. The molecule has 0 spiro atoms. The Balaban J connectivity index is 1.44. The number of primary sulfonamides is 1. The minimum absolute atomic E-state index is 0.00415. The molecule has 4 rings (SSSR count). The fourth-order valence-electron chi connectivity index (χ4n) is 2.76. The number of nitrogens with zero attached hydrogens (tertiary/aromatic N) is 4. The molecule has 0 unspecified atom stereocenters. The van der Waals surface area contributed by atoms with Gasteiger partial charge in [-0.3, -0.25) is 0 Å². The lowest BCUT2D eigenvalue weighted by Gasteiger charge is -2.06. The van der Waals surface area contributed by atoms with Crippen LogP contribution >= 0.6 is 0 Å². The van der Waals surface area contributed by atoms with Crippen LogP contribution in [0.15, 0.2) is 64.1 Å². The number of aromatic nitrogens is 4. The van der Waals surface area contributed by atoms with Gasteiger partial charge in [-0.15, -0.1) is 9.78 Å². The molecule has 2 aromatic carbocycles. The fourth-order valence-corrected chi connectivity index (χ4v) is 3.28. The summed E-state index contributed by atoms with van der Waals surface area (Å²) in [5.74, 6) is -1.29. The van der Waals surface area contributed by atoms with Crippen molar-refractivity contribution < 1.29 is 27.5 Å². The average molecular weight is 484 g/mol. The third kappa shape index (κ3) is 4.84. The predicted molar refractivity (Wildman–Crippen MR) is 119 cm³/mol. The Morgan fingerprint density at radius 2 is 1.65 bits per heavy atom. The molecule has 174 valence electrons. The molecule has 15 heteroatoms. The lowest BCUT2D eigenvalue weighted by atomic mass is 10.2. The van der Waals surface area contributed by atoms with Crippen molar-refractivity contribution in [2.75, 3.05) is 16.4 Å². The summed E-state index contributed by atoms with van der Waals surface area (Å²) < 4.78 is 28.6. The fraction of sp³-hybridized carbons (Fsp3) is 0. The summed E-state index contributed by atoms with van der Waals surface area (Å²) in [4.78, 5) is 31.2. The number of anilines is 4. The maximum atomic E-state index is 12.6. The van der Waals surface area contributed by atoms with Gasteiger partial charge in [-0.1, -0.05) is 0 Å². The molecule has 1 amide bonds. The highest BCUT2D eigenvalue weighted by Crippen LogP contribution is 2.22. The summed E-state index contributed by atoms with van der Waals surface area (Å²) in [6, 6.07) is 11.1. The topological polar surface area (TPSA) is 221 Å². The van der Waals surface area contributed by atoms with Crippen LogP contribution in [0.1, 0.15) is 10.5 Å². The van der Waals surface area contributed by atoms with Crippen molar-refractivity contribution in [2.45, 2.75) is 4.90 Å². The SMILES string of the molecule is Nc1nc(Nc2ccc(S(N)(=O)=O)cc2)nn1C(=O)Nc1ccc(-c2nc(C(=O)O)co2)cc1. The molecule has 0 aliphatic rings. The molecule has 4 aromatic rings. The van der Waals surface area contributed by atoms with E-state index in [1.54, 1.807) is 24.3 Å². The smallest absolute Gasteiger partial charge is 0.357 e. The zero-order chi connectivity index (χ0) is 24.5. The molecule has 14 nitrogen and oxygen atoms in total. The largest absolute Gasteiger partial charge is 0.476 e. The molecule has 0 bridgehead atoms. The Morgan fingerprint density at radius 3 is 2.24 bits per heavy atom. The highest BCUT2D eigenvalue weighted by atomic mass is 32.2. The molecular formula is C19H16N8O6S. The summed E-state index contributed by atoms with van der Waals surface area (Å²) in [5.41, 5.74) is 6.90. The van der Waals surface area contributed by atoms with Gasteiger partial charge in [-0.2, -0.15) is 4.98 Å². The molecule has 0 saturated carbocycles. The number of carboxylic acids is 1. The van der Waals surface area contributed by atoms with Crippen LogP contribution in [0.25, 0.3) is 11.5 Å². The lowest BCUT2D eigenvalue weighted by Crippen LogP contribution is -2.22. The first-order valence-electron chi connectivity index (χ1n) is 9.33. The van der Waals surface area contributed by atoms with Crippen molar-refractivity contribution in [3.63, 3.8) is 0 Å². The van der Waals surface area contributed by atoms with Gasteiger partial charge in [0.25, 0.3) is 0 Å². The predicted octanol–water partition coefficient (Wildman–Crippen LogP) is 1.68. The first kappa shape index (κ1) is 22.4. The summed E-state index contributed by atoms with van der Waals surface area (Å²) in [6.45, 7) is 0. The molecule has 0 atom stereocenters. The van der Waals surface area contributed by atoms with Crippen molar-refractivity contribution in [3.05, 3.63) is 60.5 Å². The maximum absolute atomic E-state index is 12.6. The Labute approximate surface area is 191 Å². The standard InChI is InChI=1S/C19H16N8O6S/c20-17-25-18(22-11-5-7-13(8-6-11)34(21,31)32)26-27(17)19(30)23-12-3-1-10(2-4-12)15-24-14(9-33-15)16(28)29/h1-9H,(H,23,30)(H,28,29)(H2,21,31,32)(H3,20,22,25,26). The molecule has 0 radical (unpaired) electrons. The third-order valence-electron chi connectivity index (χ3n) is 4.37. The second-order valence-corrected chi connectivity index (χ2v) is 8.31. The van der Waals surface area contributed by atoms with E-state index in [1.807, 2.05) is 0 Å². The molecule has 0 aliphatic heterocycles. The van der Waals surface area contributed by atoms with Crippen LogP contribution in [0.2, 0.25) is 0 Å². The maximum Gasteiger partial charge on any atom is 0.357 e. The van der Waals surface area contributed by atoms with Crippen LogP contribution < -0.4 is 21.5 Å². The quantitative estimate of drug-likeness (QED) is 0.265. The minimum Gasteiger partial charge on any atom is -0.476 e. The van der Waals surface area contributed by atoms with E-state index in [4.69, 9.17) is 20.4 Å². The van der Waals surface area contributed by atoms with Crippen LogP contribution in [-0.2, 0) is 10.0 Å². The van der Waals surface area contributed by atoms with E-state index in [2.05, 4.69) is 25.7 Å². The molecule has 34 heavy (non-hydrogen) atoms. The van der Waals surface area contributed by atoms with Crippen LogP contribution in [0, 0.1) is 0 Å². The number of sulfonamides is 1. The Hall–Kier alpha value is -4.76.